The largest absolute Gasteiger partial charge is 0.380 e. The summed E-state index contributed by atoms with van der Waals surface area (Å²) in [6, 6.07) is 8.39. The van der Waals surface area contributed by atoms with Crippen LogP contribution in [0.5, 0.6) is 0 Å². The van der Waals surface area contributed by atoms with Gasteiger partial charge in [-0.3, -0.25) is 0 Å². The molecule has 0 aromatic heterocycles. The first-order valence-electron chi connectivity index (χ1n) is 6.33. The van der Waals surface area contributed by atoms with Gasteiger partial charge in [0.25, 0.3) is 0 Å². The summed E-state index contributed by atoms with van der Waals surface area (Å²) in [4.78, 5) is 1.43. The van der Waals surface area contributed by atoms with Crippen LogP contribution >= 0.6 is 27.7 Å². The molecule has 0 fully saturated rings. The van der Waals surface area contributed by atoms with Crippen molar-refractivity contribution in [2.75, 3.05) is 12.3 Å². The predicted octanol–water partition coefficient (Wildman–Crippen LogP) is 4.81. The van der Waals surface area contributed by atoms with E-state index in [0.717, 1.165) is 11.0 Å². The van der Waals surface area contributed by atoms with Gasteiger partial charge in [-0.2, -0.15) is 0 Å². The van der Waals surface area contributed by atoms with Gasteiger partial charge < -0.3 is 5.32 Å². The van der Waals surface area contributed by atoms with Crippen LogP contribution in [0, 0.1) is 0 Å². The van der Waals surface area contributed by atoms with E-state index >= 15 is 0 Å². The van der Waals surface area contributed by atoms with E-state index in [-0.39, 0.29) is 0 Å². The van der Waals surface area contributed by atoms with Crippen LogP contribution in [0.1, 0.15) is 25.3 Å². The third-order valence-corrected chi connectivity index (χ3v) is 4.45. The zero-order chi connectivity index (χ0) is 12.8. The number of thioether (sulfide) groups is 1. The summed E-state index contributed by atoms with van der Waals surface area (Å²) in [5.41, 5.74) is 2.44. The molecule has 0 amide bonds. The molecule has 2 rings (SSSR count). The van der Waals surface area contributed by atoms with Crippen LogP contribution in [0.3, 0.4) is 0 Å². The van der Waals surface area contributed by atoms with E-state index in [0.29, 0.717) is 0 Å². The summed E-state index contributed by atoms with van der Waals surface area (Å²) < 4.78 is 1.12. The highest BCUT2D eigenvalue weighted by molar-refractivity contribution is 9.10. The fourth-order valence-electron chi connectivity index (χ4n) is 1.78. The Labute approximate surface area is 122 Å². The summed E-state index contributed by atoms with van der Waals surface area (Å²) in [5, 5.41) is 3.49. The average molecular weight is 324 g/mol. The number of hydrogen-bond acceptors (Lipinski definition) is 2. The Bertz CT molecular complexity index is 465. The molecule has 3 heteroatoms. The van der Waals surface area contributed by atoms with E-state index in [1.165, 1.54) is 34.8 Å². The monoisotopic (exact) mass is 323 g/mol. The molecular weight excluding hydrogens is 306 g/mol. The van der Waals surface area contributed by atoms with Gasteiger partial charge in [-0.25, -0.2) is 0 Å². The van der Waals surface area contributed by atoms with Crippen molar-refractivity contribution in [1.29, 1.82) is 0 Å². The molecule has 96 valence electrons. The van der Waals surface area contributed by atoms with Crippen LogP contribution in [-0.4, -0.2) is 12.3 Å². The maximum atomic E-state index is 3.51. The highest BCUT2D eigenvalue weighted by Gasteiger charge is 2.07. The Morgan fingerprint density at radius 1 is 1.33 bits per heavy atom. The molecule has 1 aromatic rings. The molecule has 1 aliphatic heterocycles. The lowest BCUT2D eigenvalue weighted by atomic mass is 10.1. The van der Waals surface area contributed by atoms with Gasteiger partial charge in [-0.05, 0) is 42.0 Å². The fraction of sp³-hybridized carbons (Fsp3) is 0.333. The molecule has 1 aromatic carbocycles. The van der Waals surface area contributed by atoms with Crippen molar-refractivity contribution in [1.82, 2.24) is 5.32 Å². The first-order chi connectivity index (χ1) is 8.79. The number of unbranched alkanes of at least 4 members (excludes halogenated alkanes) is 1. The van der Waals surface area contributed by atoms with Gasteiger partial charge >= 0.3 is 0 Å². The molecule has 0 unspecified atom stereocenters. The lowest BCUT2D eigenvalue weighted by Crippen LogP contribution is -2.17. The second-order valence-corrected chi connectivity index (χ2v) is 6.42. The van der Waals surface area contributed by atoms with Crippen molar-refractivity contribution in [3.63, 3.8) is 0 Å². The van der Waals surface area contributed by atoms with Gasteiger partial charge in [0.2, 0.25) is 0 Å². The minimum atomic E-state index is 0.951. The number of benzene rings is 1. The summed E-state index contributed by atoms with van der Waals surface area (Å²) in [7, 11) is 0. The topological polar surface area (TPSA) is 12.0 Å². The van der Waals surface area contributed by atoms with Crippen LogP contribution in [0.25, 0.3) is 5.70 Å². The van der Waals surface area contributed by atoms with Crippen LogP contribution in [0.15, 0.2) is 45.8 Å². The van der Waals surface area contributed by atoms with Crippen molar-refractivity contribution in [2.24, 2.45) is 0 Å². The Morgan fingerprint density at radius 2 is 2.22 bits per heavy atom. The normalized spacial score (nSPS) is 14.8. The first-order valence-corrected chi connectivity index (χ1v) is 8.11. The number of halogens is 1. The van der Waals surface area contributed by atoms with Gasteiger partial charge in [0.05, 0.1) is 0 Å². The van der Waals surface area contributed by atoms with Gasteiger partial charge in [0, 0.05) is 21.6 Å². The van der Waals surface area contributed by atoms with E-state index in [4.69, 9.17) is 0 Å². The number of hydrogen-bond donors (Lipinski definition) is 1. The smallest absolute Gasteiger partial charge is 0.0460 e. The van der Waals surface area contributed by atoms with Crippen LogP contribution < -0.4 is 5.32 Å². The summed E-state index contributed by atoms with van der Waals surface area (Å²) in [6.07, 6.45) is 6.99. The molecular formula is C15H18BrNS. The third kappa shape index (κ3) is 3.92. The van der Waals surface area contributed by atoms with Gasteiger partial charge in [0.15, 0.2) is 0 Å². The Balaban J connectivity index is 2.01. The molecule has 0 aliphatic carbocycles. The van der Waals surface area contributed by atoms with Gasteiger partial charge in [0.1, 0.15) is 0 Å². The molecule has 0 spiro atoms. The number of allylic oxidation sites excluding steroid dienone is 2. The lowest BCUT2D eigenvalue weighted by molar-refractivity contribution is 0.895. The van der Waals surface area contributed by atoms with Gasteiger partial charge in [-0.1, -0.05) is 41.4 Å². The van der Waals surface area contributed by atoms with Crippen molar-refractivity contribution < 1.29 is 0 Å². The quantitative estimate of drug-likeness (QED) is 0.780. The molecule has 0 radical (unpaired) electrons. The summed E-state index contributed by atoms with van der Waals surface area (Å²) >= 11 is 5.48. The minimum Gasteiger partial charge on any atom is -0.380 e. The highest BCUT2D eigenvalue weighted by Crippen LogP contribution is 2.24. The molecule has 0 saturated carbocycles. The molecule has 1 nitrogen and oxygen atoms in total. The standard InChI is InChI=1S/C15H18BrNS/c1-2-3-9-18-14-7-8-15(17-11-14)12-5-4-6-13(16)10-12/h4-8,10,17H,2-3,9,11H2,1H3. The Hall–Kier alpha value is -0.670. The van der Waals surface area contributed by atoms with E-state index in [1.807, 2.05) is 11.8 Å². The number of rotatable bonds is 5. The maximum absolute atomic E-state index is 3.51. The van der Waals surface area contributed by atoms with E-state index < -0.39 is 0 Å². The average Bonchev–Trinajstić information content (AvgIpc) is 2.40. The summed E-state index contributed by atoms with van der Waals surface area (Å²) in [6.45, 7) is 3.19. The maximum Gasteiger partial charge on any atom is 0.0460 e. The number of nitrogens with one attached hydrogen (secondary N) is 1. The predicted molar refractivity (Wildman–Crippen MR) is 85.6 cm³/mol. The van der Waals surface area contributed by atoms with Crippen LogP contribution in [0.4, 0.5) is 0 Å². The molecule has 0 saturated heterocycles. The highest BCUT2D eigenvalue weighted by atomic mass is 79.9. The third-order valence-electron chi connectivity index (χ3n) is 2.81. The van der Waals surface area contributed by atoms with E-state index in [9.17, 15) is 0 Å². The molecule has 1 heterocycles. The first kappa shape index (κ1) is 13.8. The zero-order valence-corrected chi connectivity index (χ0v) is 13.0. The second kappa shape index (κ2) is 7.05. The van der Waals surface area contributed by atoms with Crippen LogP contribution in [0.2, 0.25) is 0 Å². The fourth-order valence-corrected chi connectivity index (χ4v) is 3.21. The Morgan fingerprint density at radius 3 is 2.89 bits per heavy atom. The van der Waals surface area contributed by atoms with Crippen molar-refractivity contribution in [3.8, 4) is 0 Å². The molecule has 0 bridgehead atoms. The molecule has 0 atom stereocenters. The van der Waals surface area contributed by atoms with Gasteiger partial charge in [-0.15, -0.1) is 11.8 Å². The van der Waals surface area contributed by atoms with E-state index in [2.05, 4.69) is 64.6 Å². The van der Waals surface area contributed by atoms with Crippen LogP contribution in [-0.2, 0) is 0 Å². The molecule has 18 heavy (non-hydrogen) atoms. The minimum absolute atomic E-state index is 0.951. The molecule has 1 N–H and O–H groups in total. The SMILES string of the molecule is CCCCSC1=CC=C(c2cccc(Br)c2)NC1. The van der Waals surface area contributed by atoms with Crippen molar-refractivity contribution in [3.05, 3.63) is 51.4 Å². The Kier molecular flexibility index (Phi) is 5.39. The zero-order valence-electron chi connectivity index (χ0n) is 10.6. The van der Waals surface area contributed by atoms with Crippen molar-refractivity contribution >= 4 is 33.4 Å². The van der Waals surface area contributed by atoms with Crippen molar-refractivity contribution in [2.45, 2.75) is 19.8 Å². The summed E-state index contributed by atoms with van der Waals surface area (Å²) in [5.74, 6) is 1.23. The lowest BCUT2D eigenvalue weighted by Gasteiger charge is -2.17. The second-order valence-electron chi connectivity index (χ2n) is 4.28. The molecule has 1 aliphatic rings. The number of dihydropyridines is 1. The van der Waals surface area contributed by atoms with E-state index in [1.54, 1.807) is 0 Å².